The zero-order chi connectivity index (χ0) is 13.7. The van der Waals surface area contributed by atoms with E-state index >= 15 is 0 Å². The first-order valence-corrected chi connectivity index (χ1v) is 6.71. The van der Waals surface area contributed by atoms with Gasteiger partial charge in [-0.25, -0.2) is 0 Å². The fraction of sp³-hybridized carbons (Fsp3) is 0.571. The van der Waals surface area contributed by atoms with Gasteiger partial charge in [0.1, 0.15) is 0 Å². The molecule has 1 aromatic rings. The number of nitro benzene ring substituents is 1. The molecule has 0 spiro atoms. The number of halogens is 1. The molecule has 0 heterocycles. The van der Waals surface area contributed by atoms with E-state index in [1.165, 1.54) is 37.8 Å². The summed E-state index contributed by atoms with van der Waals surface area (Å²) in [6, 6.07) is 3.94. The normalized spacial score (nSPS) is 17.1. The van der Waals surface area contributed by atoms with Gasteiger partial charge in [-0.2, -0.15) is 4.39 Å². The van der Waals surface area contributed by atoms with Gasteiger partial charge in [0.25, 0.3) is 0 Å². The number of rotatable bonds is 4. The summed E-state index contributed by atoms with van der Waals surface area (Å²) in [5, 5.41) is 10.5. The third kappa shape index (κ3) is 3.99. The van der Waals surface area contributed by atoms with Crippen molar-refractivity contribution in [2.75, 3.05) is 0 Å². The summed E-state index contributed by atoms with van der Waals surface area (Å²) in [5.74, 6) is -0.799. The highest BCUT2D eigenvalue weighted by molar-refractivity contribution is 5.34. The van der Waals surface area contributed by atoms with E-state index in [1.807, 2.05) is 0 Å². The highest BCUT2D eigenvalue weighted by Crippen LogP contribution is 2.22. The first kappa shape index (κ1) is 13.9. The first-order valence-electron chi connectivity index (χ1n) is 6.71. The van der Waals surface area contributed by atoms with Gasteiger partial charge < -0.3 is 4.74 Å². The Bertz CT molecular complexity index is 442. The topological polar surface area (TPSA) is 52.4 Å². The Hall–Kier alpha value is -1.49. The number of benzene rings is 1. The van der Waals surface area contributed by atoms with Crippen LogP contribution in [0.5, 0.6) is 0 Å². The van der Waals surface area contributed by atoms with Crippen molar-refractivity contribution in [3.63, 3.8) is 0 Å². The van der Waals surface area contributed by atoms with E-state index in [9.17, 15) is 14.5 Å². The van der Waals surface area contributed by atoms with E-state index in [0.717, 1.165) is 12.8 Å². The van der Waals surface area contributed by atoms with E-state index in [-0.39, 0.29) is 6.10 Å². The number of nitrogens with zero attached hydrogens (tertiary/aromatic N) is 1. The van der Waals surface area contributed by atoms with Crippen LogP contribution in [0.15, 0.2) is 18.2 Å². The van der Waals surface area contributed by atoms with Crippen molar-refractivity contribution < 1.29 is 14.1 Å². The molecule has 0 amide bonds. The van der Waals surface area contributed by atoms with E-state index in [4.69, 9.17) is 4.74 Å². The predicted octanol–water partition coefficient (Wildman–Crippen LogP) is 3.97. The first-order chi connectivity index (χ1) is 9.16. The van der Waals surface area contributed by atoms with Crippen LogP contribution >= 0.6 is 0 Å². The fourth-order valence-electron chi connectivity index (χ4n) is 2.41. The molecule has 0 unspecified atom stereocenters. The Labute approximate surface area is 111 Å². The van der Waals surface area contributed by atoms with Gasteiger partial charge in [-0.05, 0) is 30.5 Å². The minimum atomic E-state index is -0.799. The van der Waals surface area contributed by atoms with E-state index in [0.29, 0.717) is 12.2 Å². The summed E-state index contributed by atoms with van der Waals surface area (Å²) in [7, 11) is 0. The standard InChI is InChI=1S/C14H18FNO3/c15-13-9-11(7-8-14(13)16(17)18)10-19-12-5-3-1-2-4-6-12/h7-9,12H,1-6,10H2. The molecule has 1 saturated carbocycles. The van der Waals surface area contributed by atoms with Crippen LogP contribution < -0.4 is 0 Å². The van der Waals surface area contributed by atoms with Crippen molar-refractivity contribution in [3.8, 4) is 0 Å². The van der Waals surface area contributed by atoms with Crippen LogP contribution in [0.4, 0.5) is 10.1 Å². The second kappa shape index (κ2) is 6.61. The van der Waals surface area contributed by atoms with Crippen molar-refractivity contribution in [2.24, 2.45) is 0 Å². The van der Waals surface area contributed by atoms with Gasteiger partial charge >= 0.3 is 5.69 Å². The fourth-order valence-corrected chi connectivity index (χ4v) is 2.41. The molecule has 0 N–H and O–H groups in total. The number of hydrogen-bond acceptors (Lipinski definition) is 3. The summed E-state index contributed by atoms with van der Waals surface area (Å²) in [6.45, 7) is 0.319. The molecule has 1 aliphatic rings. The van der Waals surface area contributed by atoms with Crippen molar-refractivity contribution >= 4 is 5.69 Å². The summed E-state index contributed by atoms with van der Waals surface area (Å²) in [6.07, 6.45) is 7.21. The highest BCUT2D eigenvalue weighted by Gasteiger charge is 2.16. The molecule has 0 aromatic heterocycles. The van der Waals surface area contributed by atoms with E-state index in [1.54, 1.807) is 6.07 Å². The molecule has 1 aliphatic carbocycles. The van der Waals surface area contributed by atoms with Crippen LogP contribution in [-0.2, 0) is 11.3 Å². The second-order valence-electron chi connectivity index (χ2n) is 4.97. The third-order valence-electron chi connectivity index (χ3n) is 3.50. The largest absolute Gasteiger partial charge is 0.374 e. The van der Waals surface area contributed by atoms with Gasteiger partial charge in [0.2, 0.25) is 5.82 Å². The van der Waals surface area contributed by atoms with Gasteiger partial charge in [0.05, 0.1) is 17.6 Å². The molecular weight excluding hydrogens is 249 g/mol. The lowest BCUT2D eigenvalue weighted by molar-refractivity contribution is -0.387. The average molecular weight is 267 g/mol. The molecule has 2 rings (SSSR count). The van der Waals surface area contributed by atoms with Crippen molar-refractivity contribution in [3.05, 3.63) is 39.7 Å². The SMILES string of the molecule is O=[N+]([O-])c1ccc(COC2CCCCCC2)cc1F. The van der Waals surface area contributed by atoms with Crippen LogP contribution in [0.1, 0.15) is 44.1 Å². The van der Waals surface area contributed by atoms with Crippen LogP contribution in [-0.4, -0.2) is 11.0 Å². The summed E-state index contributed by atoms with van der Waals surface area (Å²) in [5.41, 5.74) is 0.158. The molecule has 5 heteroatoms. The van der Waals surface area contributed by atoms with Gasteiger partial charge in [-0.3, -0.25) is 10.1 Å². The quantitative estimate of drug-likeness (QED) is 0.471. The molecular formula is C14H18FNO3. The maximum Gasteiger partial charge on any atom is 0.304 e. The molecule has 19 heavy (non-hydrogen) atoms. The Morgan fingerprint density at radius 1 is 1.26 bits per heavy atom. The Kier molecular flexibility index (Phi) is 4.85. The monoisotopic (exact) mass is 267 g/mol. The second-order valence-corrected chi connectivity index (χ2v) is 4.97. The van der Waals surface area contributed by atoms with Gasteiger partial charge in [0.15, 0.2) is 0 Å². The average Bonchev–Trinajstić information content (AvgIpc) is 2.64. The Morgan fingerprint density at radius 2 is 1.95 bits per heavy atom. The van der Waals surface area contributed by atoms with Crippen molar-refractivity contribution in [1.29, 1.82) is 0 Å². The molecule has 0 aliphatic heterocycles. The minimum Gasteiger partial charge on any atom is -0.374 e. The van der Waals surface area contributed by atoms with Crippen LogP contribution in [0.2, 0.25) is 0 Å². The Morgan fingerprint density at radius 3 is 2.53 bits per heavy atom. The molecule has 104 valence electrons. The van der Waals surface area contributed by atoms with Crippen LogP contribution in [0.3, 0.4) is 0 Å². The number of ether oxygens (including phenoxy) is 1. The zero-order valence-electron chi connectivity index (χ0n) is 10.8. The van der Waals surface area contributed by atoms with Crippen LogP contribution in [0, 0.1) is 15.9 Å². The minimum absolute atomic E-state index is 0.237. The lowest BCUT2D eigenvalue weighted by Crippen LogP contribution is -2.11. The maximum absolute atomic E-state index is 13.4. The molecule has 0 atom stereocenters. The zero-order valence-corrected chi connectivity index (χ0v) is 10.8. The molecule has 0 radical (unpaired) electrons. The highest BCUT2D eigenvalue weighted by atomic mass is 19.1. The van der Waals surface area contributed by atoms with Crippen molar-refractivity contribution in [2.45, 2.75) is 51.2 Å². The van der Waals surface area contributed by atoms with Crippen LogP contribution in [0.25, 0.3) is 0 Å². The van der Waals surface area contributed by atoms with Gasteiger partial charge in [0, 0.05) is 6.07 Å². The smallest absolute Gasteiger partial charge is 0.304 e. The van der Waals surface area contributed by atoms with Crippen molar-refractivity contribution in [1.82, 2.24) is 0 Å². The number of hydrogen-bond donors (Lipinski definition) is 0. The summed E-state index contributed by atoms with van der Waals surface area (Å²) >= 11 is 0. The molecule has 1 aromatic carbocycles. The van der Waals surface area contributed by atoms with Gasteiger partial charge in [-0.15, -0.1) is 0 Å². The molecule has 1 fully saturated rings. The van der Waals surface area contributed by atoms with Gasteiger partial charge in [-0.1, -0.05) is 25.7 Å². The predicted molar refractivity (Wildman–Crippen MR) is 69.3 cm³/mol. The summed E-state index contributed by atoms with van der Waals surface area (Å²) < 4.78 is 19.2. The van der Waals surface area contributed by atoms with E-state index < -0.39 is 16.4 Å². The lowest BCUT2D eigenvalue weighted by Gasteiger charge is -2.15. The maximum atomic E-state index is 13.4. The van der Waals surface area contributed by atoms with E-state index in [2.05, 4.69) is 0 Å². The molecule has 4 nitrogen and oxygen atoms in total. The molecule has 0 bridgehead atoms. The lowest BCUT2D eigenvalue weighted by atomic mass is 10.1. The Balaban J connectivity index is 1.92. The third-order valence-corrected chi connectivity index (χ3v) is 3.50. The number of nitro groups is 1. The summed E-state index contributed by atoms with van der Waals surface area (Å²) in [4.78, 5) is 9.79. The molecule has 0 saturated heterocycles.